The molecule has 1 aromatic rings. The molecule has 1 heterocycles. The van der Waals surface area contributed by atoms with Crippen molar-refractivity contribution in [2.45, 2.75) is 0 Å². The molecule has 0 aromatic carbocycles. The fourth-order valence-electron chi connectivity index (χ4n) is 0.593. The minimum Gasteiger partial charge on any atom is -0.383 e. The highest BCUT2D eigenvalue weighted by molar-refractivity contribution is 5.37. The summed E-state index contributed by atoms with van der Waals surface area (Å²) in [4.78, 5) is 1.93. The van der Waals surface area contributed by atoms with Crippen LogP contribution in [0.1, 0.15) is 5.82 Å². The molecular formula is C6H11N5. The molecule has 1 aromatic heterocycles. The maximum atomic E-state index is 3.78. The van der Waals surface area contributed by atoms with E-state index < -0.39 is 0 Å². The Morgan fingerprint density at radius 1 is 1.45 bits per heavy atom. The first-order valence-corrected chi connectivity index (χ1v) is 3.27. The van der Waals surface area contributed by atoms with Crippen molar-refractivity contribution in [3.05, 3.63) is 12.0 Å². The van der Waals surface area contributed by atoms with Crippen molar-refractivity contribution >= 4 is 6.08 Å². The van der Waals surface area contributed by atoms with E-state index in [0.717, 1.165) is 5.82 Å². The molecule has 5 nitrogen and oxygen atoms in total. The number of rotatable bonds is 2. The molecule has 0 bridgehead atoms. The Bertz CT molecular complexity index is 249. The van der Waals surface area contributed by atoms with Crippen molar-refractivity contribution in [1.82, 2.24) is 25.1 Å². The van der Waals surface area contributed by atoms with Crippen LogP contribution in [0.4, 0.5) is 0 Å². The Morgan fingerprint density at radius 2 is 2.18 bits per heavy atom. The van der Waals surface area contributed by atoms with Gasteiger partial charge in [-0.2, -0.15) is 0 Å². The highest BCUT2D eigenvalue weighted by Gasteiger charge is 1.94. The summed E-state index contributed by atoms with van der Waals surface area (Å²) in [6, 6.07) is 0. The zero-order chi connectivity index (χ0) is 8.27. The Hall–Kier alpha value is -1.39. The van der Waals surface area contributed by atoms with Crippen molar-refractivity contribution < 1.29 is 0 Å². The van der Waals surface area contributed by atoms with Gasteiger partial charge in [0.25, 0.3) is 0 Å². The summed E-state index contributed by atoms with van der Waals surface area (Å²) in [6.45, 7) is 0. The molecule has 0 atom stereocenters. The highest BCUT2D eigenvalue weighted by Crippen LogP contribution is 1.92. The summed E-state index contributed by atoms with van der Waals surface area (Å²) >= 11 is 0. The van der Waals surface area contributed by atoms with Gasteiger partial charge in [0.1, 0.15) is 0 Å². The summed E-state index contributed by atoms with van der Waals surface area (Å²) in [5.41, 5.74) is 0. The molecule has 1 rings (SSSR count). The predicted octanol–water partition coefficient (Wildman–Crippen LogP) is -0.258. The molecule has 5 heteroatoms. The average molecular weight is 153 g/mol. The van der Waals surface area contributed by atoms with Gasteiger partial charge in [-0.25, -0.2) is 4.68 Å². The molecule has 0 saturated heterocycles. The van der Waals surface area contributed by atoms with Crippen LogP contribution in [0.15, 0.2) is 6.20 Å². The molecule has 0 saturated carbocycles. The maximum Gasteiger partial charge on any atom is 0.175 e. The summed E-state index contributed by atoms with van der Waals surface area (Å²) in [6.07, 6.45) is 3.74. The molecule has 11 heavy (non-hydrogen) atoms. The largest absolute Gasteiger partial charge is 0.383 e. The van der Waals surface area contributed by atoms with Crippen molar-refractivity contribution in [1.29, 1.82) is 0 Å². The second kappa shape index (κ2) is 3.14. The Morgan fingerprint density at radius 3 is 2.64 bits per heavy atom. The average Bonchev–Trinajstić information content (AvgIpc) is 2.31. The van der Waals surface area contributed by atoms with Gasteiger partial charge in [0, 0.05) is 33.4 Å². The summed E-state index contributed by atoms with van der Waals surface area (Å²) in [5, 5.41) is 10.9. The molecule has 0 aliphatic carbocycles. The van der Waals surface area contributed by atoms with E-state index in [1.54, 1.807) is 11.7 Å². The van der Waals surface area contributed by atoms with Gasteiger partial charge in [0.05, 0.1) is 0 Å². The molecule has 0 amide bonds. The lowest BCUT2D eigenvalue weighted by molar-refractivity contribution is 0.566. The fraction of sp³-hybridized carbons (Fsp3) is 0.500. The fourth-order valence-corrected chi connectivity index (χ4v) is 0.593. The van der Waals surface area contributed by atoms with Crippen molar-refractivity contribution in [3.63, 3.8) is 0 Å². The number of nitrogens with zero attached hydrogens (tertiary/aromatic N) is 5. The topological polar surface area (TPSA) is 46.8 Å². The van der Waals surface area contributed by atoms with Crippen molar-refractivity contribution in [3.8, 4) is 0 Å². The van der Waals surface area contributed by atoms with Crippen LogP contribution in [0.3, 0.4) is 0 Å². The van der Waals surface area contributed by atoms with Crippen LogP contribution in [-0.4, -0.2) is 39.2 Å². The molecule has 0 radical (unpaired) electrons. The molecular weight excluding hydrogens is 142 g/mol. The number of tetrazole rings is 1. The lowest BCUT2D eigenvalue weighted by Crippen LogP contribution is -2.01. The van der Waals surface area contributed by atoms with E-state index in [1.165, 1.54) is 0 Å². The van der Waals surface area contributed by atoms with E-state index in [2.05, 4.69) is 15.5 Å². The lowest BCUT2D eigenvalue weighted by Gasteiger charge is -2.01. The van der Waals surface area contributed by atoms with Gasteiger partial charge >= 0.3 is 0 Å². The van der Waals surface area contributed by atoms with Crippen LogP contribution in [0.5, 0.6) is 0 Å². The second-order valence-electron chi connectivity index (χ2n) is 2.44. The van der Waals surface area contributed by atoms with Gasteiger partial charge < -0.3 is 4.90 Å². The predicted molar refractivity (Wildman–Crippen MR) is 41.5 cm³/mol. The summed E-state index contributed by atoms with van der Waals surface area (Å²) < 4.78 is 1.61. The Balaban J connectivity index is 2.71. The molecule has 60 valence electrons. The zero-order valence-electron chi connectivity index (χ0n) is 6.89. The van der Waals surface area contributed by atoms with Gasteiger partial charge in [0.15, 0.2) is 5.82 Å². The maximum absolute atomic E-state index is 3.78. The van der Waals surface area contributed by atoms with Crippen LogP contribution in [0.25, 0.3) is 6.08 Å². The summed E-state index contributed by atoms with van der Waals surface area (Å²) in [7, 11) is 5.69. The van der Waals surface area contributed by atoms with E-state index in [4.69, 9.17) is 0 Å². The number of aromatic nitrogens is 4. The quantitative estimate of drug-likeness (QED) is 0.587. The zero-order valence-corrected chi connectivity index (χ0v) is 6.89. The molecule has 0 spiro atoms. The Labute approximate surface area is 65.3 Å². The summed E-state index contributed by atoms with van der Waals surface area (Å²) in [5.74, 6) is 0.749. The third-order valence-corrected chi connectivity index (χ3v) is 1.17. The van der Waals surface area contributed by atoms with Crippen LogP contribution < -0.4 is 0 Å². The lowest BCUT2D eigenvalue weighted by atomic mass is 10.5. The standard InChI is InChI=1S/C6H11N5/c1-10(2)5-4-6-7-8-9-11(6)3/h4-5H,1-3H3/b5-4+. The normalized spacial score (nSPS) is 10.8. The van der Waals surface area contributed by atoms with Crippen LogP contribution in [-0.2, 0) is 7.05 Å². The van der Waals surface area contributed by atoms with E-state index in [0.29, 0.717) is 0 Å². The highest BCUT2D eigenvalue weighted by atomic mass is 15.5. The van der Waals surface area contributed by atoms with Gasteiger partial charge in [-0.15, -0.1) is 5.10 Å². The van der Waals surface area contributed by atoms with Gasteiger partial charge in [-0.1, -0.05) is 0 Å². The molecule has 0 N–H and O–H groups in total. The molecule has 0 unspecified atom stereocenters. The van der Waals surface area contributed by atoms with Crippen molar-refractivity contribution in [2.24, 2.45) is 7.05 Å². The van der Waals surface area contributed by atoms with Gasteiger partial charge in [0.2, 0.25) is 0 Å². The van der Waals surface area contributed by atoms with Crippen LogP contribution >= 0.6 is 0 Å². The minimum atomic E-state index is 0.749. The van der Waals surface area contributed by atoms with Gasteiger partial charge in [-0.3, -0.25) is 0 Å². The molecule has 0 fully saturated rings. The van der Waals surface area contributed by atoms with Crippen LogP contribution in [0.2, 0.25) is 0 Å². The first-order chi connectivity index (χ1) is 5.20. The molecule has 0 aliphatic heterocycles. The number of hydrogen-bond acceptors (Lipinski definition) is 4. The second-order valence-corrected chi connectivity index (χ2v) is 2.44. The number of aryl methyl sites for hydroxylation is 1. The van der Waals surface area contributed by atoms with Crippen LogP contribution in [0, 0.1) is 0 Å². The SMILES string of the molecule is CN(C)/C=C/c1nnnn1C. The molecule has 0 aliphatic rings. The van der Waals surface area contributed by atoms with E-state index in [-0.39, 0.29) is 0 Å². The third kappa shape index (κ3) is 2.03. The van der Waals surface area contributed by atoms with Crippen molar-refractivity contribution in [2.75, 3.05) is 14.1 Å². The Kier molecular flexibility index (Phi) is 2.20. The first kappa shape index (κ1) is 7.71. The smallest absolute Gasteiger partial charge is 0.175 e. The first-order valence-electron chi connectivity index (χ1n) is 3.27. The van der Waals surface area contributed by atoms with E-state index >= 15 is 0 Å². The van der Waals surface area contributed by atoms with E-state index in [1.807, 2.05) is 31.3 Å². The van der Waals surface area contributed by atoms with Gasteiger partial charge in [-0.05, 0) is 10.4 Å². The number of hydrogen-bond donors (Lipinski definition) is 0. The third-order valence-electron chi connectivity index (χ3n) is 1.17. The van der Waals surface area contributed by atoms with E-state index in [9.17, 15) is 0 Å². The monoisotopic (exact) mass is 153 g/mol. The minimum absolute atomic E-state index is 0.749.